The average molecular weight is 1450 g/mol. The molecule has 2 aliphatic heterocycles. The highest BCUT2D eigenvalue weighted by Gasteiger charge is 2.55. The molecule has 6 heterocycles. The second-order valence-corrected chi connectivity index (χ2v) is 57.4. The van der Waals surface area contributed by atoms with Gasteiger partial charge in [0.1, 0.15) is 49.3 Å². The molecule has 0 N–H and O–H groups in total. The molecule has 6 atom stereocenters. The number of anilines is 2. The molecule has 2 saturated heterocycles. The predicted molar refractivity (Wildman–Crippen MR) is 405 cm³/mol. The maximum Gasteiger partial charge on any atom is 0.244 e. The molecular formula is C74H118F2N12O8Si4. The lowest BCUT2D eigenvalue weighted by Gasteiger charge is -2.34. The van der Waals surface area contributed by atoms with Crippen LogP contribution in [0.5, 0.6) is 0 Å². The first-order valence-corrected chi connectivity index (χ1v) is 52.1. The van der Waals surface area contributed by atoms with Crippen LogP contribution in [0.1, 0.15) is 76.9 Å². The molecule has 100 heavy (non-hydrogen) atoms. The van der Waals surface area contributed by atoms with Crippen LogP contribution in [0.25, 0.3) is 45.1 Å². The molecule has 26 heteroatoms. The molecule has 2 amide bonds. The standard InChI is InChI=1S/2C37H59FN6O4Si2/c1-10-42(36(45)26(2)41-11-13-46-14-12-41)28-20-30(38)34-31(21-28)43(24-47-15-17-49(4,5)6)35(39-34)33-29-19-27-22-37(27,3)23-32(29)44(40-33)25-48-16-18-50(7,8)9;1-10-42(36(45)26(2)41-11-13-46-14-12-41)28-20-30(38)34-31(21-28)39-35(43(34)24-47-15-17-49(4,5)6)33-29-19-27-22-37(27,3)23-32(29)44(40-33)25-48-16-18-50(7,8)9/h2*20-21,26-27H,10-19,22-25H2,1-9H3/t2*26-,27+,37+/m00/s1. The van der Waals surface area contributed by atoms with Crippen molar-refractivity contribution in [3.05, 3.63) is 58.4 Å². The molecule has 6 aromatic rings. The van der Waals surface area contributed by atoms with Gasteiger partial charge in [-0.2, -0.15) is 10.2 Å². The van der Waals surface area contributed by atoms with Gasteiger partial charge in [-0.1, -0.05) is 92.4 Å². The van der Waals surface area contributed by atoms with E-state index in [1.54, 1.807) is 9.80 Å². The number of amides is 2. The summed E-state index contributed by atoms with van der Waals surface area (Å²) in [7, 11) is -5.13. The number of halogens is 2. The zero-order valence-electron chi connectivity index (χ0n) is 63.8. The lowest BCUT2D eigenvalue weighted by molar-refractivity contribution is -0.125. The molecule has 4 aromatic heterocycles. The number of carbonyl (C=O) groups excluding carboxylic acids is 2. The van der Waals surface area contributed by atoms with Crippen LogP contribution in [0.4, 0.5) is 20.2 Å². The van der Waals surface area contributed by atoms with Crippen molar-refractivity contribution in [3.8, 4) is 23.0 Å². The molecule has 0 spiro atoms. The van der Waals surface area contributed by atoms with Crippen molar-refractivity contribution in [2.45, 2.75) is 222 Å². The number of benzene rings is 2. The Hall–Kier alpha value is -4.85. The van der Waals surface area contributed by atoms with Crippen LogP contribution in [-0.4, -0.2) is 197 Å². The second-order valence-electron chi connectivity index (χ2n) is 34.9. The minimum atomic E-state index is -1.33. The number of fused-ring (bicyclic) bond motifs is 6. The first kappa shape index (κ1) is 76.3. The Morgan fingerprint density at radius 2 is 0.950 bits per heavy atom. The summed E-state index contributed by atoms with van der Waals surface area (Å²) in [5.41, 5.74) is 9.78. The Kier molecular flexibility index (Phi) is 23.4. The lowest BCUT2D eigenvalue weighted by atomic mass is 9.87. The second kappa shape index (κ2) is 30.7. The van der Waals surface area contributed by atoms with Gasteiger partial charge >= 0.3 is 0 Å². The third-order valence-electron chi connectivity index (χ3n) is 22.0. The molecule has 2 saturated carbocycles. The fraction of sp³-hybridized carbons (Fsp3) is 0.703. The van der Waals surface area contributed by atoms with Gasteiger partial charge in [0.15, 0.2) is 23.3 Å². The van der Waals surface area contributed by atoms with Crippen LogP contribution < -0.4 is 9.80 Å². The lowest BCUT2D eigenvalue weighted by Crippen LogP contribution is -2.51. The molecule has 2 aromatic carbocycles. The molecule has 12 rings (SSSR count). The largest absolute Gasteiger partial charge is 0.379 e. The third kappa shape index (κ3) is 17.7. The van der Waals surface area contributed by atoms with Gasteiger partial charge in [0, 0.05) is 138 Å². The molecule has 0 unspecified atom stereocenters. The van der Waals surface area contributed by atoms with Crippen molar-refractivity contribution in [2.24, 2.45) is 22.7 Å². The van der Waals surface area contributed by atoms with Gasteiger partial charge in [-0.25, -0.2) is 28.1 Å². The molecule has 20 nitrogen and oxygen atoms in total. The van der Waals surface area contributed by atoms with E-state index < -0.39 is 43.9 Å². The van der Waals surface area contributed by atoms with Crippen LogP contribution in [0.15, 0.2) is 24.3 Å². The monoisotopic (exact) mass is 1450 g/mol. The number of ether oxygens (including phenoxy) is 6. The van der Waals surface area contributed by atoms with Crippen LogP contribution in [0.2, 0.25) is 103 Å². The topological polar surface area (TPSA) is 174 Å². The van der Waals surface area contributed by atoms with Crippen LogP contribution in [0.3, 0.4) is 0 Å². The smallest absolute Gasteiger partial charge is 0.244 e. The summed E-state index contributed by atoms with van der Waals surface area (Å²) in [6.45, 7) is 50.5. The summed E-state index contributed by atoms with van der Waals surface area (Å²) < 4.78 is 76.8. The van der Waals surface area contributed by atoms with Crippen molar-refractivity contribution >= 4 is 77.6 Å². The minimum absolute atomic E-state index is 0.0553. The van der Waals surface area contributed by atoms with Crippen LogP contribution in [0, 0.1) is 34.3 Å². The highest BCUT2D eigenvalue weighted by molar-refractivity contribution is 6.77. The SMILES string of the molecule is CCN(C(=O)[C@H](C)N1CCOCC1)c1cc(F)c2c(c1)nc(-c1nn(COCC[Si](C)(C)C)c3c1C[C@@H]1C[C@]1(C)C3)n2COCC[Si](C)(C)C.CCN(C(=O)[C@H](C)N1CCOCC1)c1cc(F)c2nc(-c3nn(COCC[Si](C)(C)C)c4c3C[C@@H]3C[C@]3(C)C4)n(COCC[Si](C)(C)C)c2c1. The molecule has 4 aliphatic carbocycles. The number of hydrogen-bond donors (Lipinski definition) is 0. The van der Waals surface area contributed by atoms with E-state index in [0.717, 1.165) is 61.2 Å². The molecule has 4 fully saturated rings. The molecule has 552 valence electrons. The van der Waals surface area contributed by atoms with Crippen molar-refractivity contribution in [3.63, 3.8) is 0 Å². The van der Waals surface area contributed by atoms with E-state index in [1.807, 2.05) is 58.3 Å². The fourth-order valence-electron chi connectivity index (χ4n) is 14.9. The number of likely N-dealkylation sites (N-methyl/N-ethyl adjacent to an activating group) is 2. The normalized spacial score (nSPS) is 21.7. The first-order valence-electron chi connectivity index (χ1n) is 37.3. The summed E-state index contributed by atoms with van der Waals surface area (Å²) in [4.78, 5) is 45.4. The van der Waals surface area contributed by atoms with E-state index in [0.29, 0.717) is 168 Å². The number of hydrogen-bond acceptors (Lipinski definition) is 14. The number of morpholine rings is 2. The van der Waals surface area contributed by atoms with Crippen LogP contribution >= 0.6 is 0 Å². The van der Waals surface area contributed by atoms with Crippen LogP contribution in [-0.2, 0) is 90.6 Å². The van der Waals surface area contributed by atoms with Crippen molar-refractivity contribution in [1.29, 1.82) is 0 Å². The van der Waals surface area contributed by atoms with Crippen molar-refractivity contribution < 1.29 is 46.8 Å². The number of aromatic nitrogens is 8. The highest BCUT2D eigenvalue weighted by Crippen LogP contribution is 2.61. The Bertz CT molecular complexity index is 3780. The van der Waals surface area contributed by atoms with E-state index in [1.165, 1.54) is 47.5 Å². The zero-order valence-corrected chi connectivity index (χ0v) is 67.8. The summed E-state index contributed by atoms with van der Waals surface area (Å²) in [5, 5.41) is 10.4. The summed E-state index contributed by atoms with van der Waals surface area (Å²) in [6.07, 6.45) is 6.18. The van der Waals surface area contributed by atoms with E-state index in [-0.39, 0.29) is 42.9 Å². The predicted octanol–water partition coefficient (Wildman–Crippen LogP) is 13.7. The maximum atomic E-state index is 16.5. The van der Waals surface area contributed by atoms with E-state index >= 15 is 8.78 Å². The molecule has 6 aliphatic rings. The van der Waals surface area contributed by atoms with Gasteiger partial charge in [0.25, 0.3) is 0 Å². The number of rotatable bonds is 30. The van der Waals surface area contributed by atoms with Crippen molar-refractivity contribution in [1.82, 2.24) is 48.5 Å². The minimum Gasteiger partial charge on any atom is -0.379 e. The average Bonchev–Trinajstić information content (AvgIpc) is 1.56. The maximum absolute atomic E-state index is 16.5. The first-order chi connectivity index (χ1) is 47.2. The Morgan fingerprint density at radius 3 is 1.37 bits per heavy atom. The van der Waals surface area contributed by atoms with E-state index in [2.05, 4.69) is 102 Å². The number of nitrogens with zero attached hydrogens (tertiary/aromatic N) is 12. The van der Waals surface area contributed by atoms with Gasteiger partial charge in [0.05, 0.1) is 49.5 Å². The van der Waals surface area contributed by atoms with Gasteiger partial charge in [-0.15, -0.1) is 0 Å². The quantitative estimate of drug-likeness (QED) is 0.0308. The third-order valence-corrected chi connectivity index (χ3v) is 28.8. The summed E-state index contributed by atoms with van der Waals surface area (Å²) in [6, 6.07) is 10.2. The van der Waals surface area contributed by atoms with Gasteiger partial charge in [-0.05, 0) is 131 Å². The summed E-state index contributed by atoms with van der Waals surface area (Å²) in [5.74, 6) is 1.47. The Labute approximate surface area is 597 Å². The number of carbonyl (C=O) groups is 2. The number of imidazole rings is 2. The molecule has 0 radical (unpaired) electrons. The van der Waals surface area contributed by atoms with E-state index in [4.69, 9.17) is 48.6 Å². The fourth-order valence-corrected chi connectivity index (χ4v) is 17.9. The Balaban J connectivity index is 0.000000202. The molecular weight excluding hydrogens is 1340 g/mol. The van der Waals surface area contributed by atoms with Crippen molar-refractivity contribution in [2.75, 3.05) is 102 Å². The summed E-state index contributed by atoms with van der Waals surface area (Å²) >= 11 is 0. The molecule has 0 bridgehead atoms. The van der Waals surface area contributed by atoms with Gasteiger partial charge in [-0.3, -0.25) is 28.5 Å². The van der Waals surface area contributed by atoms with Gasteiger partial charge < -0.3 is 38.2 Å². The van der Waals surface area contributed by atoms with Gasteiger partial charge in [0.2, 0.25) is 11.8 Å². The van der Waals surface area contributed by atoms with E-state index in [9.17, 15) is 9.59 Å². The highest BCUT2D eigenvalue weighted by atomic mass is 28.3. The Morgan fingerprint density at radius 1 is 0.560 bits per heavy atom. The zero-order chi connectivity index (χ0) is 72.0.